The van der Waals surface area contributed by atoms with Gasteiger partial charge < -0.3 is 10.4 Å². The Morgan fingerprint density at radius 1 is 1.24 bits per heavy atom. The summed E-state index contributed by atoms with van der Waals surface area (Å²) in [6.07, 6.45) is 0. The van der Waals surface area contributed by atoms with Gasteiger partial charge in [0.15, 0.2) is 0 Å². The molecule has 0 aliphatic heterocycles. The summed E-state index contributed by atoms with van der Waals surface area (Å²) in [7, 11) is 0. The Labute approximate surface area is 98.5 Å². The standard InChI is InChI=1S/C12H14FNO3/c1-7(2)10(12(16)17)14-11(15)8-3-5-9(13)6-4-8/h3-7,10H,1-2H3,(H,14,15)(H,16,17)/t10-/m1/s1. The second-order valence-corrected chi connectivity index (χ2v) is 4.04. The Balaban J connectivity index is 2.77. The minimum atomic E-state index is -1.09. The first kappa shape index (κ1) is 13.2. The highest BCUT2D eigenvalue weighted by atomic mass is 19.1. The fraction of sp³-hybridized carbons (Fsp3) is 0.333. The summed E-state index contributed by atoms with van der Waals surface area (Å²) < 4.78 is 12.6. The summed E-state index contributed by atoms with van der Waals surface area (Å²) >= 11 is 0. The monoisotopic (exact) mass is 239 g/mol. The van der Waals surface area contributed by atoms with Gasteiger partial charge in [0.25, 0.3) is 5.91 Å². The molecule has 0 aromatic heterocycles. The van der Waals surface area contributed by atoms with E-state index in [9.17, 15) is 14.0 Å². The van der Waals surface area contributed by atoms with Gasteiger partial charge in [0.2, 0.25) is 0 Å². The van der Waals surface area contributed by atoms with Gasteiger partial charge in [-0.1, -0.05) is 13.8 Å². The summed E-state index contributed by atoms with van der Waals surface area (Å²) in [4.78, 5) is 22.6. The zero-order chi connectivity index (χ0) is 13.0. The van der Waals surface area contributed by atoms with E-state index in [-0.39, 0.29) is 11.5 Å². The molecule has 1 atom stereocenters. The van der Waals surface area contributed by atoms with E-state index in [4.69, 9.17) is 5.11 Å². The van der Waals surface area contributed by atoms with Gasteiger partial charge in [-0.05, 0) is 30.2 Å². The van der Waals surface area contributed by atoms with E-state index in [0.29, 0.717) is 0 Å². The molecule has 0 aliphatic carbocycles. The van der Waals surface area contributed by atoms with Gasteiger partial charge in [-0.15, -0.1) is 0 Å². The molecule has 0 unspecified atom stereocenters. The first-order valence-electron chi connectivity index (χ1n) is 5.21. The van der Waals surface area contributed by atoms with Crippen molar-refractivity contribution < 1.29 is 19.1 Å². The predicted molar refractivity (Wildman–Crippen MR) is 60.1 cm³/mol. The van der Waals surface area contributed by atoms with Crippen molar-refractivity contribution in [3.05, 3.63) is 35.6 Å². The van der Waals surface area contributed by atoms with Crippen LogP contribution in [0.25, 0.3) is 0 Å². The van der Waals surface area contributed by atoms with E-state index in [1.807, 2.05) is 0 Å². The van der Waals surface area contributed by atoms with Crippen LogP contribution < -0.4 is 5.32 Å². The minimum Gasteiger partial charge on any atom is -0.480 e. The van der Waals surface area contributed by atoms with Gasteiger partial charge >= 0.3 is 5.97 Å². The zero-order valence-electron chi connectivity index (χ0n) is 9.61. The minimum absolute atomic E-state index is 0.225. The Morgan fingerprint density at radius 3 is 2.18 bits per heavy atom. The number of nitrogens with one attached hydrogen (secondary N) is 1. The Bertz CT molecular complexity index is 414. The van der Waals surface area contributed by atoms with E-state index in [2.05, 4.69) is 5.32 Å². The molecule has 0 fully saturated rings. The number of hydrogen-bond donors (Lipinski definition) is 2. The van der Waals surface area contributed by atoms with Gasteiger partial charge in [-0.2, -0.15) is 0 Å². The molecule has 0 radical (unpaired) electrons. The van der Waals surface area contributed by atoms with Gasteiger partial charge in [0, 0.05) is 5.56 Å². The van der Waals surface area contributed by atoms with E-state index < -0.39 is 23.7 Å². The number of carbonyl (C=O) groups is 2. The fourth-order valence-corrected chi connectivity index (χ4v) is 1.34. The molecule has 4 nitrogen and oxygen atoms in total. The molecule has 0 bridgehead atoms. The first-order valence-corrected chi connectivity index (χ1v) is 5.21. The molecule has 0 saturated carbocycles. The fourth-order valence-electron chi connectivity index (χ4n) is 1.34. The number of rotatable bonds is 4. The number of carbonyl (C=O) groups excluding carboxylic acids is 1. The number of hydrogen-bond acceptors (Lipinski definition) is 2. The molecular weight excluding hydrogens is 225 g/mol. The lowest BCUT2D eigenvalue weighted by molar-refractivity contribution is -0.140. The zero-order valence-corrected chi connectivity index (χ0v) is 9.61. The molecule has 5 heteroatoms. The molecule has 0 aliphatic rings. The van der Waals surface area contributed by atoms with E-state index in [0.717, 1.165) is 12.1 Å². The third kappa shape index (κ3) is 3.55. The van der Waals surface area contributed by atoms with Crippen LogP contribution in [-0.2, 0) is 4.79 Å². The number of aliphatic carboxylic acids is 1. The van der Waals surface area contributed by atoms with Crippen LogP contribution in [0.4, 0.5) is 4.39 Å². The van der Waals surface area contributed by atoms with Crippen molar-refractivity contribution in [2.45, 2.75) is 19.9 Å². The summed E-state index contributed by atoms with van der Waals surface area (Å²) in [6.45, 7) is 3.40. The number of benzene rings is 1. The van der Waals surface area contributed by atoms with Crippen molar-refractivity contribution in [2.24, 2.45) is 5.92 Å². The van der Waals surface area contributed by atoms with Crippen LogP contribution in [0.3, 0.4) is 0 Å². The largest absolute Gasteiger partial charge is 0.480 e. The van der Waals surface area contributed by atoms with Crippen molar-refractivity contribution in [3.8, 4) is 0 Å². The average Bonchev–Trinajstić information content (AvgIpc) is 2.25. The van der Waals surface area contributed by atoms with E-state index in [1.54, 1.807) is 13.8 Å². The van der Waals surface area contributed by atoms with Crippen molar-refractivity contribution >= 4 is 11.9 Å². The SMILES string of the molecule is CC(C)[C@@H](NC(=O)c1ccc(F)cc1)C(=O)O. The molecule has 0 saturated heterocycles. The third-order valence-electron chi connectivity index (χ3n) is 2.33. The van der Waals surface area contributed by atoms with Gasteiger partial charge in [0.05, 0.1) is 0 Å². The van der Waals surface area contributed by atoms with E-state index in [1.165, 1.54) is 12.1 Å². The first-order chi connectivity index (χ1) is 7.91. The topological polar surface area (TPSA) is 66.4 Å². The molecule has 1 rings (SSSR count). The lowest BCUT2D eigenvalue weighted by Crippen LogP contribution is -2.44. The number of halogens is 1. The lowest BCUT2D eigenvalue weighted by Gasteiger charge is -2.17. The molecule has 1 amide bonds. The van der Waals surface area contributed by atoms with Gasteiger partial charge in [-0.3, -0.25) is 4.79 Å². The van der Waals surface area contributed by atoms with E-state index >= 15 is 0 Å². The number of amides is 1. The summed E-state index contributed by atoms with van der Waals surface area (Å²) in [5.74, 6) is -2.28. The number of carboxylic acid groups (broad SMARTS) is 1. The van der Waals surface area contributed by atoms with Gasteiger partial charge in [0.1, 0.15) is 11.9 Å². The summed E-state index contributed by atoms with van der Waals surface area (Å²) in [5.41, 5.74) is 0.235. The van der Waals surface area contributed by atoms with Crippen LogP contribution in [-0.4, -0.2) is 23.0 Å². The van der Waals surface area contributed by atoms with Crippen molar-refractivity contribution in [2.75, 3.05) is 0 Å². The Morgan fingerprint density at radius 2 is 1.76 bits per heavy atom. The molecule has 92 valence electrons. The van der Waals surface area contributed by atoms with Crippen LogP contribution in [0.2, 0.25) is 0 Å². The second-order valence-electron chi connectivity index (χ2n) is 4.04. The van der Waals surface area contributed by atoms with Crippen molar-refractivity contribution in [1.82, 2.24) is 5.32 Å². The maximum atomic E-state index is 12.6. The average molecular weight is 239 g/mol. The summed E-state index contributed by atoms with van der Waals surface area (Å²) in [5, 5.41) is 11.3. The highest BCUT2D eigenvalue weighted by molar-refractivity contribution is 5.96. The van der Waals surface area contributed by atoms with Crippen molar-refractivity contribution in [1.29, 1.82) is 0 Å². The Hall–Kier alpha value is -1.91. The van der Waals surface area contributed by atoms with Crippen molar-refractivity contribution in [3.63, 3.8) is 0 Å². The van der Waals surface area contributed by atoms with Crippen LogP contribution in [0.1, 0.15) is 24.2 Å². The quantitative estimate of drug-likeness (QED) is 0.839. The van der Waals surface area contributed by atoms with Crippen LogP contribution in [0, 0.1) is 11.7 Å². The third-order valence-corrected chi connectivity index (χ3v) is 2.33. The maximum absolute atomic E-state index is 12.6. The molecule has 1 aromatic rings. The predicted octanol–water partition coefficient (Wildman–Crippen LogP) is 1.66. The second kappa shape index (κ2) is 5.43. The molecule has 1 aromatic carbocycles. The molecule has 17 heavy (non-hydrogen) atoms. The summed E-state index contributed by atoms with van der Waals surface area (Å²) in [6, 6.07) is 3.97. The molecular formula is C12H14FNO3. The van der Waals surface area contributed by atoms with Crippen LogP contribution >= 0.6 is 0 Å². The van der Waals surface area contributed by atoms with Crippen LogP contribution in [0.15, 0.2) is 24.3 Å². The van der Waals surface area contributed by atoms with Crippen LogP contribution in [0.5, 0.6) is 0 Å². The van der Waals surface area contributed by atoms with Gasteiger partial charge in [-0.25, -0.2) is 9.18 Å². The lowest BCUT2D eigenvalue weighted by atomic mass is 10.0. The molecule has 2 N–H and O–H groups in total. The smallest absolute Gasteiger partial charge is 0.326 e. The number of carboxylic acids is 1. The molecule has 0 heterocycles. The highest BCUT2D eigenvalue weighted by Gasteiger charge is 2.23. The molecule has 0 spiro atoms. The maximum Gasteiger partial charge on any atom is 0.326 e. The normalized spacial score (nSPS) is 12.2. The highest BCUT2D eigenvalue weighted by Crippen LogP contribution is 2.06. The Kier molecular flexibility index (Phi) is 4.20.